The molecule has 0 unspecified atom stereocenters. The molecule has 5 rings (SSSR count). The summed E-state index contributed by atoms with van der Waals surface area (Å²) in [6, 6.07) is 13.2. The molecule has 1 aromatic carbocycles. The van der Waals surface area contributed by atoms with Crippen LogP contribution in [-0.4, -0.2) is 38.8 Å². The van der Waals surface area contributed by atoms with Gasteiger partial charge in [-0.1, -0.05) is 23.7 Å². The fraction of sp³-hybridized carbons (Fsp3) is 0.190. The number of benzene rings is 1. The third-order valence-electron chi connectivity index (χ3n) is 5.06. The number of nitrogens with zero attached hydrogens (tertiary/aromatic N) is 4. The number of aromatic nitrogens is 3. The van der Waals surface area contributed by atoms with Crippen molar-refractivity contribution >= 4 is 39.0 Å². The van der Waals surface area contributed by atoms with E-state index >= 15 is 0 Å². The molecule has 6 nitrogen and oxygen atoms in total. The van der Waals surface area contributed by atoms with Gasteiger partial charge in [-0.2, -0.15) is 0 Å². The molecule has 0 aliphatic carbocycles. The van der Waals surface area contributed by atoms with Crippen molar-refractivity contribution < 1.29 is 5.11 Å². The summed E-state index contributed by atoms with van der Waals surface area (Å²) in [5.74, 6) is 0.800. The largest absolute Gasteiger partial charge is 0.391 e. The lowest BCUT2D eigenvalue weighted by atomic mass is 10.2. The molecular weight excluding hydrogens is 408 g/mol. The standard InChI is InChI=1S/C21H17ClN4O2S/c22-14-3-1-13(2-4-14)18-9-17-20(29-18)21(28)26(12-24-17)15-5-6-19(23-10-15)25-8-7-16(27)11-25/h1-6,9-10,12,16,27H,7-8,11H2/t16-/m1/s1. The van der Waals surface area contributed by atoms with Gasteiger partial charge in [0.15, 0.2) is 0 Å². The topological polar surface area (TPSA) is 71.2 Å². The van der Waals surface area contributed by atoms with Gasteiger partial charge in [0.2, 0.25) is 0 Å². The minimum absolute atomic E-state index is 0.119. The molecule has 0 bridgehead atoms. The van der Waals surface area contributed by atoms with E-state index in [1.54, 1.807) is 12.5 Å². The number of thiophene rings is 1. The highest BCUT2D eigenvalue weighted by Gasteiger charge is 2.21. The average Bonchev–Trinajstić information content (AvgIpc) is 3.36. The van der Waals surface area contributed by atoms with Crippen LogP contribution in [0.25, 0.3) is 26.3 Å². The van der Waals surface area contributed by atoms with Gasteiger partial charge in [0.25, 0.3) is 5.56 Å². The minimum Gasteiger partial charge on any atom is -0.391 e. The Kier molecular flexibility index (Phi) is 4.58. The molecule has 1 fully saturated rings. The number of hydrogen-bond acceptors (Lipinski definition) is 6. The maximum atomic E-state index is 13.1. The number of anilines is 1. The number of aliphatic hydroxyl groups excluding tert-OH is 1. The normalized spacial score (nSPS) is 16.6. The second-order valence-electron chi connectivity index (χ2n) is 7.01. The Labute approximate surface area is 175 Å². The monoisotopic (exact) mass is 424 g/mol. The number of halogens is 1. The fourth-order valence-electron chi connectivity index (χ4n) is 3.51. The molecule has 1 N–H and O–H groups in total. The van der Waals surface area contributed by atoms with Gasteiger partial charge < -0.3 is 10.0 Å². The summed E-state index contributed by atoms with van der Waals surface area (Å²) in [4.78, 5) is 25.0. The Bertz CT molecular complexity index is 1230. The van der Waals surface area contributed by atoms with E-state index in [0.717, 1.165) is 29.2 Å². The van der Waals surface area contributed by atoms with Crippen molar-refractivity contribution in [3.05, 3.63) is 70.4 Å². The molecule has 1 saturated heterocycles. The molecule has 146 valence electrons. The lowest BCUT2D eigenvalue weighted by Crippen LogP contribution is -2.22. The van der Waals surface area contributed by atoms with Gasteiger partial charge in [0.1, 0.15) is 16.8 Å². The molecular formula is C21H17ClN4O2S. The van der Waals surface area contributed by atoms with Crippen LogP contribution in [0.2, 0.25) is 5.02 Å². The van der Waals surface area contributed by atoms with Gasteiger partial charge in [-0.05, 0) is 42.3 Å². The van der Waals surface area contributed by atoms with Crippen molar-refractivity contribution in [1.29, 1.82) is 0 Å². The van der Waals surface area contributed by atoms with E-state index in [4.69, 9.17) is 11.6 Å². The number of pyridine rings is 1. The van der Waals surface area contributed by atoms with E-state index in [1.165, 1.54) is 15.9 Å². The molecule has 4 aromatic rings. The summed E-state index contributed by atoms with van der Waals surface area (Å²) in [5, 5.41) is 10.4. The zero-order valence-corrected chi connectivity index (χ0v) is 16.9. The van der Waals surface area contributed by atoms with Crippen LogP contribution in [0.15, 0.2) is 59.8 Å². The van der Waals surface area contributed by atoms with Crippen LogP contribution in [0, 0.1) is 0 Å². The Balaban J connectivity index is 1.50. The van der Waals surface area contributed by atoms with Crippen molar-refractivity contribution in [1.82, 2.24) is 14.5 Å². The van der Waals surface area contributed by atoms with E-state index < -0.39 is 0 Å². The molecule has 1 aliphatic heterocycles. The fourth-order valence-corrected chi connectivity index (χ4v) is 4.68. The molecule has 0 radical (unpaired) electrons. The van der Waals surface area contributed by atoms with Crippen LogP contribution >= 0.6 is 22.9 Å². The number of hydrogen-bond donors (Lipinski definition) is 1. The van der Waals surface area contributed by atoms with Crippen LogP contribution in [0.4, 0.5) is 5.82 Å². The second kappa shape index (κ2) is 7.26. The number of fused-ring (bicyclic) bond motifs is 1. The van der Waals surface area contributed by atoms with E-state index in [0.29, 0.717) is 27.5 Å². The lowest BCUT2D eigenvalue weighted by Gasteiger charge is -2.16. The summed E-state index contributed by atoms with van der Waals surface area (Å²) in [6.07, 6.45) is 3.65. The number of β-amino-alcohol motifs (C(OH)–C–C–N with tert-alkyl or cyclic N) is 1. The van der Waals surface area contributed by atoms with Gasteiger partial charge in [-0.25, -0.2) is 9.97 Å². The molecule has 8 heteroatoms. The minimum atomic E-state index is -0.306. The summed E-state index contributed by atoms with van der Waals surface area (Å²) >= 11 is 7.39. The van der Waals surface area contributed by atoms with Crippen LogP contribution in [0.1, 0.15) is 6.42 Å². The highest BCUT2D eigenvalue weighted by Crippen LogP contribution is 2.31. The molecule has 0 spiro atoms. The molecule has 4 heterocycles. The molecule has 0 amide bonds. The van der Waals surface area contributed by atoms with Crippen molar-refractivity contribution in [3.8, 4) is 16.1 Å². The lowest BCUT2D eigenvalue weighted by molar-refractivity contribution is 0.198. The summed E-state index contributed by atoms with van der Waals surface area (Å²) in [6.45, 7) is 1.37. The first-order valence-corrected chi connectivity index (χ1v) is 10.4. The van der Waals surface area contributed by atoms with Crippen LogP contribution in [-0.2, 0) is 0 Å². The van der Waals surface area contributed by atoms with Crippen LogP contribution < -0.4 is 10.5 Å². The Morgan fingerprint density at radius 1 is 1.14 bits per heavy atom. The van der Waals surface area contributed by atoms with Crippen molar-refractivity contribution in [2.75, 3.05) is 18.0 Å². The second-order valence-corrected chi connectivity index (χ2v) is 8.50. The first-order chi connectivity index (χ1) is 14.1. The quantitative estimate of drug-likeness (QED) is 0.542. The van der Waals surface area contributed by atoms with Crippen LogP contribution in [0.5, 0.6) is 0 Å². The van der Waals surface area contributed by atoms with E-state index in [1.807, 2.05) is 47.4 Å². The van der Waals surface area contributed by atoms with Gasteiger partial charge in [0.05, 0.1) is 23.5 Å². The summed E-state index contributed by atoms with van der Waals surface area (Å²) < 4.78 is 2.12. The van der Waals surface area contributed by atoms with Gasteiger partial charge in [0, 0.05) is 23.0 Å². The SMILES string of the molecule is O=c1c2sc(-c3ccc(Cl)cc3)cc2ncn1-c1ccc(N2CC[C@@H](O)C2)nc1. The van der Waals surface area contributed by atoms with Gasteiger partial charge >= 0.3 is 0 Å². The third-order valence-corrected chi connectivity index (χ3v) is 6.48. The predicted molar refractivity (Wildman–Crippen MR) is 116 cm³/mol. The van der Waals surface area contributed by atoms with E-state index in [9.17, 15) is 9.90 Å². The van der Waals surface area contributed by atoms with Crippen molar-refractivity contribution in [2.45, 2.75) is 12.5 Å². The third kappa shape index (κ3) is 3.42. The highest BCUT2D eigenvalue weighted by molar-refractivity contribution is 7.22. The van der Waals surface area contributed by atoms with Crippen molar-refractivity contribution in [3.63, 3.8) is 0 Å². The maximum Gasteiger partial charge on any atom is 0.275 e. The van der Waals surface area contributed by atoms with Crippen molar-refractivity contribution in [2.24, 2.45) is 0 Å². The predicted octanol–water partition coefficient (Wildman–Crippen LogP) is 3.73. The first-order valence-electron chi connectivity index (χ1n) is 9.25. The average molecular weight is 425 g/mol. The Hall–Kier alpha value is -2.74. The Morgan fingerprint density at radius 2 is 1.97 bits per heavy atom. The summed E-state index contributed by atoms with van der Waals surface area (Å²) in [7, 11) is 0. The highest BCUT2D eigenvalue weighted by atomic mass is 35.5. The Morgan fingerprint density at radius 3 is 2.66 bits per heavy atom. The maximum absolute atomic E-state index is 13.1. The van der Waals surface area contributed by atoms with Gasteiger partial charge in [-0.15, -0.1) is 11.3 Å². The molecule has 3 aromatic heterocycles. The van der Waals surface area contributed by atoms with E-state index in [2.05, 4.69) is 9.97 Å². The number of rotatable bonds is 3. The van der Waals surface area contributed by atoms with Gasteiger partial charge in [-0.3, -0.25) is 9.36 Å². The number of aliphatic hydroxyl groups is 1. The molecule has 1 atom stereocenters. The smallest absolute Gasteiger partial charge is 0.275 e. The molecule has 1 aliphatic rings. The molecule has 0 saturated carbocycles. The van der Waals surface area contributed by atoms with Crippen LogP contribution in [0.3, 0.4) is 0 Å². The first kappa shape index (κ1) is 18.3. The molecule has 29 heavy (non-hydrogen) atoms. The zero-order chi connectivity index (χ0) is 20.0. The van der Waals surface area contributed by atoms with E-state index in [-0.39, 0.29) is 11.7 Å². The zero-order valence-electron chi connectivity index (χ0n) is 15.3. The summed E-state index contributed by atoms with van der Waals surface area (Å²) in [5.41, 5.74) is 2.22.